The van der Waals surface area contributed by atoms with Gasteiger partial charge in [0.05, 0.1) is 0 Å². The first-order chi connectivity index (χ1) is 19.9. The van der Waals surface area contributed by atoms with Crippen molar-refractivity contribution in [3.05, 3.63) is 51.5 Å². The summed E-state index contributed by atoms with van der Waals surface area (Å²) in [6.45, 7) is 17.7. The first-order valence-electron chi connectivity index (χ1n) is 16.3. The topological polar surface area (TPSA) is 44.8 Å². The third-order valence-electron chi connectivity index (χ3n) is 9.22. The Morgan fingerprint density at radius 3 is 2.10 bits per heavy atom. The van der Waals surface area contributed by atoms with Crippen molar-refractivity contribution >= 4 is 17.6 Å². The van der Waals surface area contributed by atoms with Crippen LogP contribution in [0.5, 0.6) is 17.2 Å². The monoisotopic (exact) mass is 598 g/mol. The van der Waals surface area contributed by atoms with Crippen molar-refractivity contribution in [3.8, 4) is 17.2 Å². The standard InChI is InChI=1S/C37H55ClO4/c1-25(2)12-9-13-26(3)14-10-15-27(4)16-11-22-37(8)23-21-33-30(7)35(28(5)29(6)36(33)42-37)41-34(39)24-40-32-19-17-31(38)18-20-32/h17-20,25-27H,9-16,21-24H2,1-8H3/t26-,27+,37-/m0/s1. The van der Waals surface area contributed by atoms with Crippen LogP contribution >= 0.6 is 11.6 Å². The Balaban J connectivity index is 1.49. The molecule has 1 heterocycles. The Morgan fingerprint density at radius 1 is 0.881 bits per heavy atom. The van der Waals surface area contributed by atoms with Crippen molar-refractivity contribution in [1.82, 2.24) is 0 Å². The van der Waals surface area contributed by atoms with Gasteiger partial charge in [-0.1, -0.05) is 84.2 Å². The summed E-state index contributed by atoms with van der Waals surface area (Å²) in [5.74, 6) is 4.21. The van der Waals surface area contributed by atoms with Gasteiger partial charge < -0.3 is 14.2 Å². The van der Waals surface area contributed by atoms with Crippen LogP contribution in [0.2, 0.25) is 5.02 Å². The molecule has 0 unspecified atom stereocenters. The predicted octanol–water partition coefficient (Wildman–Crippen LogP) is 10.8. The highest BCUT2D eigenvalue weighted by Crippen LogP contribution is 2.45. The van der Waals surface area contributed by atoms with E-state index in [4.69, 9.17) is 25.8 Å². The van der Waals surface area contributed by atoms with Crippen molar-refractivity contribution in [2.45, 2.75) is 132 Å². The number of fused-ring (bicyclic) bond motifs is 1. The van der Waals surface area contributed by atoms with Crippen LogP contribution in [-0.2, 0) is 11.2 Å². The lowest BCUT2D eigenvalue weighted by Crippen LogP contribution is -2.37. The van der Waals surface area contributed by atoms with Gasteiger partial charge in [-0.3, -0.25) is 0 Å². The molecule has 0 bridgehead atoms. The minimum atomic E-state index is -0.424. The molecule has 5 heteroatoms. The fourth-order valence-corrected chi connectivity index (χ4v) is 6.36. The van der Waals surface area contributed by atoms with Crippen LogP contribution < -0.4 is 14.2 Å². The Hall–Kier alpha value is -2.20. The highest BCUT2D eigenvalue weighted by atomic mass is 35.5. The lowest BCUT2D eigenvalue weighted by Gasteiger charge is -2.38. The minimum absolute atomic E-state index is 0.161. The summed E-state index contributed by atoms with van der Waals surface area (Å²) in [4.78, 5) is 12.7. The van der Waals surface area contributed by atoms with Crippen LogP contribution in [0.1, 0.15) is 121 Å². The Morgan fingerprint density at radius 2 is 1.48 bits per heavy atom. The SMILES string of the molecule is Cc1c(C)c2c(c(C)c1OC(=O)COc1ccc(Cl)cc1)CC[C@](C)(CCC[C@H](C)CCC[C@@H](C)CCCC(C)C)O2. The van der Waals surface area contributed by atoms with Crippen LogP contribution in [0, 0.1) is 38.5 Å². The number of hydrogen-bond donors (Lipinski definition) is 0. The first-order valence-corrected chi connectivity index (χ1v) is 16.7. The van der Waals surface area contributed by atoms with Crippen molar-refractivity contribution in [3.63, 3.8) is 0 Å². The lowest BCUT2D eigenvalue weighted by atomic mass is 9.83. The molecule has 0 N–H and O–H groups in total. The molecule has 0 saturated heterocycles. The quantitative estimate of drug-likeness (QED) is 0.142. The lowest BCUT2D eigenvalue weighted by molar-refractivity contribution is -0.136. The second-order valence-corrected chi connectivity index (χ2v) is 14.1. The van der Waals surface area contributed by atoms with E-state index in [-0.39, 0.29) is 12.2 Å². The van der Waals surface area contributed by atoms with Gasteiger partial charge in [0.1, 0.15) is 22.8 Å². The summed E-state index contributed by atoms with van der Waals surface area (Å²) in [7, 11) is 0. The number of benzene rings is 2. The van der Waals surface area contributed by atoms with E-state index in [9.17, 15) is 4.79 Å². The van der Waals surface area contributed by atoms with E-state index in [1.54, 1.807) is 24.3 Å². The first kappa shape index (κ1) is 34.3. The number of carbonyl (C=O) groups is 1. The van der Waals surface area contributed by atoms with Gasteiger partial charge in [-0.15, -0.1) is 0 Å². The summed E-state index contributed by atoms with van der Waals surface area (Å²) in [5, 5.41) is 0.622. The fourth-order valence-electron chi connectivity index (χ4n) is 6.23. The molecule has 0 fully saturated rings. The van der Waals surface area contributed by atoms with Crippen molar-refractivity contribution in [2.24, 2.45) is 17.8 Å². The van der Waals surface area contributed by atoms with E-state index in [0.717, 1.165) is 65.0 Å². The van der Waals surface area contributed by atoms with Gasteiger partial charge >= 0.3 is 5.97 Å². The summed E-state index contributed by atoms with van der Waals surface area (Å²) in [6.07, 6.45) is 13.6. The van der Waals surface area contributed by atoms with Crippen LogP contribution in [-0.4, -0.2) is 18.2 Å². The van der Waals surface area contributed by atoms with Gasteiger partial charge in [-0.2, -0.15) is 0 Å². The molecule has 3 atom stereocenters. The molecule has 1 aliphatic rings. The Kier molecular flexibility index (Phi) is 13.1. The zero-order chi connectivity index (χ0) is 30.9. The molecule has 42 heavy (non-hydrogen) atoms. The summed E-state index contributed by atoms with van der Waals surface area (Å²) < 4.78 is 18.2. The largest absolute Gasteiger partial charge is 0.487 e. The molecule has 0 amide bonds. The number of ether oxygens (including phenoxy) is 3. The third kappa shape index (κ3) is 10.2. The molecular formula is C37H55ClO4. The predicted molar refractivity (Wildman–Crippen MR) is 175 cm³/mol. The van der Waals surface area contributed by atoms with Crippen molar-refractivity contribution in [2.75, 3.05) is 6.61 Å². The average molecular weight is 599 g/mol. The zero-order valence-electron chi connectivity index (χ0n) is 27.5. The van der Waals surface area contributed by atoms with Crippen molar-refractivity contribution in [1.29, 1.82) is 0 Å². The van der Waals surface area contributed by atoms with E-state index >= 15 is 0 Å². The molecule has 2 aromatic rings. The summed E-state index contributed by atoms with van der Waals surface area (Å²) in [5.41, 5.74) is 3.99. The molecule has 0 aromatic heterocycles. The number of esters is 1. The molecule has 1 aliphatic heterocycles. The van der Waals surface area contributed by atoms with E-state index in [2.05, 4.69) is 41.5 Å². The third-order valence-corrected chi connectivity index (χ3v) is 9.48. The van der Waals surface area contributed by atoms with Gasteiger partial charge in [0.15, 0.2) is 6.61 Å². The number of halogens is 1. The number of carbonyl (C=O) groups excluding carboxylic acids is 1. The molecule has 2 aromatic carbocycles. The molecule has 0 aliphatic carbocycles. The molecule has 0 saturated carbocycles. The highest BCUT2D eigenvalue weighted by molar-refractivity contribution is 6.30. The molecule has 4 nitrogen and oxygen atoms in total. The van der Waals surface area contributed by atoms with Gasteiger partial charge in [0.2, 0.25) is 0 Å². The Labute approximate surface area is 260 Å². The smallest absolute Gasteiger partial charge is 0.349 e. The summed E-state index contributed by atoms with van der Waals surface area (Å²) in [6, 6.07) is 6.94. The second-order valence-electron chi connectivity index (χ2n) is 13.6. The number of rotatable bonds is 16. The molecule has 3 rings (SSSR count). The molecule has 234 valence electrons. The van der Waals surface area contributed by atoms with E-state index in [1.807, 2.05) is 13.8 Å². The molecular weight excluding hydrogens is 544 g/mol. The van der Waals surface area contributed by atoms with Crippen LogP contribution in [0.25, 0.3) is 0 Å². The summed E-state index contributed by atoms with van der Waals surface area (Å²) >= 11 is 5.93. The maximum atomic E-state index is 12.7. The number of hydrogen-bond acceptors (Lipinski definition) is 4. The average Bonchev–Trinajstić information content (AvgIpc) is 2.93. The van der Waals surface area contributed by atoms with Gasteiger partial charge in [-0.25, -0.2) is 4.79 Å². The van der Waals surface area contributed by atoms with Gasteiger partial charge in [-0.05, 0) is 112 Å². The van der Waals surface area contributed by atoms with E-state index in [1.165, 1.54) is 51.4 Å². The maximum Gasteiger partial charge on any atom is 0.349 e. The zero-order valence-corrected chi connectivity index (χ0v) is 28.3. The molecule has 0 radical (unpaired) electrons. The van der Waals surface area contributed by atoms with Gasteiger partial charge in [0.25, 0.3) is 0 Å². The van der Waals surface area contributed by atoms with Crippen LogP contribution in [0.3, 0.4) is 0 Å². The van der Waals surface area contributed by atoms with Gasteiger partial charge in [0, 0.05) is 10.6 Å². The fraction of sp³-hybridized carbons (Fsp3) is 0.649. The maximum absolute atomic E-state index is 12.7. The van der Waals surface area contributed by atoms with Crippen LogP contribution in [0.4, 0.5) is 0 Å². The molecule has 0 spiro atoms. The second kappa shape index (κ2) is 16.0. The van der Waals surface area contributed by atoms with E-state index < -0.39 is 5.97 Å². The van der Waals surface area contributed by atoms with Crippen molar-refractivity contribution < 1.29 is 19.0 Å². The normalized spacial score (nSPS) is 17.9. The van der Waals surface area contributed by atoms with Crippen LogP contribution in [0.15, 0.2) is 24.3 Å². The Bertz CT molecular complexity index is 1160. The highest BCUT2D eigenvalue weighted by Gasteiger charge is 2.34. The minimum Gasteiger partial charge on any atom is -0.487 e. The van der Waals surface area contributed by atoms with E-state index in [0.29, 0.717) is 16.5 Å².